The lowest BCUT2D eigenvalue weighted by Gasteiger charge is -2.45. The first-order valence-corrected chi connectivity index (χ1v) is 6.65. The Hall–Kier alpha value is -1.57. The molecular weight excluding hydrogens is 222 g/mol. The number of hydrogen-bond acceptors (Lipinski definition) is 1. The van der Waals surface area contributed by atoms with E-state index in [9.17, 15) is 4.79 Å². The van der Waals surface area contributed by atoms with Crippen molar-refractivity contribution in [2.45, 2.75) is 46.1 Å². The van der Waals surface area contributed by atoms with E-state index >= 15 is 0 Å². The Morgan fingerprint density at radius 3 is 2.39 bits per heavy atom. The number of allylic oxidation sites excluding steroid dienone is 1. The van der Waals surface area contributed by atoms with Gasteiger partial charge in [0.15, 0.2) is 0 Å². The number of fused-ring (bicyclic) bond motifs is 1. The van der Waals surface area contributed by atoms with E-state index in [1.54, 1.807) is 6.92 Å². The lowest BCUT2D eigenvalue weighted by molar-refractivity contribution is -0.117. The van der Waals surface area contributed by atoms with Crippen molar-refractivity contribution in [3.8, 4) is 0 Å². The largest absolute Gasteiger partial charge is 0.302 e. The Labute approximate surface area is 109 Å². The lowest BCUT2D eigenvalue weighted by atomic mass is 9.82. The van der Waals surface area contributed by atoms with Gasteiger partial charge in [-0.15, -0.1) is 0 Å². The molecule has 0 radical (unpaired) electrons. The SMILES string of the molecule is CCC1(CC)C=C(C)c2ccccc2N1C(C)=O. The summed E-state index contributed by atoms with van der Waals surface area (Å²) in [6, 6.07) is 8.17. The molecule has 1 aromatic rings. The molecule has 96 valence electrons. The van der Waals surface area contributed by atoms with E-state index in [1.807, 2.05) is 23.1 Å². The molecule has 1 heterocycles. The summed E-state index contributed by atoms with van der Waals surface area (Å²) in [5, 5.41) is 0. The van der Waals surface area contributed by atoms with Gasteiger partial charge in [-0.25, -0.2) is 0 Å². The Morgan fingerprint density at radius 2 is 1.83 bits per heavy atom. The molecule has 1 aliphatic rings. The predicted octanol–water partition coefficient (Wildman–Crippen LogP) is 4.02. The van der Waals surface area contributed by atoms with E-state index in [1.165, 1.54) is 11.1 Å². The van der Waals surface area contributed by atoms with Gasteiger partial charge in [-0.3, -0.25) is 4.79 Å². The first-order valence-electron chi connectivity index (χ1n) is 6.65. The van der Waals surface area contributed by atoms with Crippen LogP contribution in [0.1, 0.15) is 46.1 Å². The number of rotatable bonds is 2. The van der Waals surface area contributed by atoms with Crippen molar-refractivity contribution >= 4 is 17.2 Å². The van der Waals surface area contributed by atoms with Crippen LogP contribution in [0, 0.1) is 0 Å². The van der Waals surface area contributed by atoms with E-state index in [4.69, 9.17) is 0 Å². The predicted molar refractivity (Wildman–Crippen MR) is 76.6 cm³/mol. The fourth-order valence-corrected chi connectivity index (χ4v) is 3.04. The average molecular weight is 243 g/mol. The molecule has 2 nitrogen and oxygen atoms in total. The van der Waals surface area contributed by atoms with Crippen LogP contribution >= 0.6 is 0 Å². The Morgan fingerprint density at radius 1 is 1.22 bits per heavy atom. The van der Waals surface area contributed by atoms with Gasteiger partial charge >= 0.3 is 0 Å². The molecule has 0 aliphatic carbocycles. The monoisotopic (exact) mass is 243 g/mol. The first-order chi connectivity index (χ1) is 8.55. The Bertz CT molecular complexity index is 498. The molecule has 2 rings (SSSR count). The zero-order valence-electron chi connectivity index (χ0n) is 11.7. The van der Waals surface area contributed by atoms with Crippen LogP contribution in [0.5, 0.6) is 0 Å². The highest BCUT2D eigenvalue weighted by atomic mass is 16.2. The van der Waals surface area contributed by atoms with Gasteiger partial charge in [-0.05, 0) is 31.4 Å². The molecule has 2 heteroatoms. The van der Waals surface area contributed by atoms with Crippen molar-refractivity contribution in [1.29, 1.82) is 0 Å². The van der Waals surface area contributed by atoms with E-state index in [2.05, 4.69) is 32.9 Å². The molecule has 0 bridgehead atoms. The van der Waals surface area contributed by atoms with Crippen LogP contribution in [-0.2, 0) is 4.79 Å². The fraction of sp³-hybridized carbons (Fsp3) is 0.438. The molecule has 0 fully saturated rings. The molecule has 0 aromatic heterocycles. The van der Waals surface area contributed by atoms with Crippen LogP contribution in [-0.4, -0.2) is 11.4 Å². The summed E-state index contributed by atoms with van der Waals surface area (Å²) in [6.45, 7) is 8.09. The van der Waals surface area contributed by atoms with Crippen LogP contribution < -0.4 is 4.90 Å². The Kier molecular flexibility index (Phi) is 3.29. The highest BCUT2D eigenvalue weighted by Crippen LogP contribution is 2.41. The third kappa shape index (κ3) is 1.76. The maximum atomic E-state index is 12.1. The molecule has 0 atom stereocenters. The zero-order valence-corrected chi connectivity index (χ0v) is 11.7. The maximum absolute atomic E-state index is 12.1. The maximum Gasteiger partial charge on any atom is 0.224 e. The number of anilines is 1. The molecule has 0 N–H and O–H groups in total. The number of benzene rings is 1. The molecule has 18 heavy (non-hydrogen) atoms. The van der Waals surface area contributed by atoms with Gasteiger partial charge < -0.3 is 4.90 Å². The van der Waals surface area contributed by atoms with E-state index in [0.717, 1.165) is 18.5 Å². The Balaban J connectivity index is 2.68. The van der Waals surface area contributed by atoms with Crippen molar-refractivity contribution in [3.05, 3.63) is 35.9 Å². The van der Waals surface area contributed by atoms with Crippen LogP contribution in [0.4, 0.5) is 5.69 Å². The summed E-state index contributed by atoms with van der Waals surface area (Å²) < 4.78 is 0. The van der Waals surface area contributed by atoms with Gasteiger partial charge in [0.1, 0.15) is 0 Å². The van der Waals surface area contributed by atoms with Gasteiger partial charge in [0.25, 0.3) is 0 Å². The number of nitrogens with zero attached hydrogens (tertiary/aromatic N) is 1. The second-order valence-corrected chi connectivity index (χ2v) is 5.01. The normalized spacial score (nSPS) is 17.1. The summed E-state index contributed by atoms with van der Waals surface area (Å²) in [4.78, 5) is 14.1. The highest BCUT2D eigenvalue weighted by Gasteiger charge is 2.38. The van der Waals surface area contributed by atoms with Crippen molar-refractivity contribution in [2.75, 3.05) is 4.90 Å². The second kappa shape index (κ2) is 4.60. The van der Waals surface area contributed by atoms with Crippen LogP contribution in [0.25, 0.3) is 5.57 Å². The summed E-state index contributed by atoms with van der Waals surface area (Å²) in [5.41, 5.74) is 3.33. The minimum Gasteiger partial charge on any atom is -0.302 e. The minimum absolute atomic E-state index is 0.120. The number of carbonyl (C=O) groups excluding carboxylic acids is 1. The molecule has 0 unspecified atom stereocenters. The third-order valence-corrected chi connectivity index (χ3v) is 4.04. The fourth-order valence-electron chi connectivity index (χ4n) is 3.04. The topological polar surface area (TPSA) is 20.3 Å². The molecule has 1 amide bonds. The van der Waals surface area contributed by atoms with Crippen molar-refractivity contribution in [3.63, 3.8) is 0 Å². The molecule has 1 aromatic carbocycles. The van der Waals surface area contributed by atoms with Gasteiger partial charge in [-0.1, -0.05) is 38.1 Å². The van der Waals surface area contributed by atoms with E-state index in [-0.39, 0.29) is 11.4 Å². The van der Waals surface area contributed by atoms with Gasteiger partial charge in [0.2, 0.25) is 5.91 Å². The zero-order chi connectivity index (χ0) is 13.3. The standard InChI is InChI=1S/C16H21NO/c1-5-16(6-2)11-12(3)14-9-7-8-10-15(14)17(16)13(4)18/h7-11H,5-6H2,1-4H3. The van der Waals surface area contributed by atoms with Crippen LogP contribution in [0.15, 0.2) is 30.3 Å². The summed E-state index contributed by atoms with van der Waals surface area (Å²) in [5.74, 6) is 0.120. The van der Waals surface area contributed by atoms with Crippen LogP contribution in [0.2, 0.25) is 0 Å². The van der Waals surface area contributed by atoms with Gasteiger partial charge in [0, 0.05) is 12.5 Å². The van der Waals surface area contributed by atoms with Gasteiger partial charge in [-0.2, -0.15) is 0 Å². The molecular formula is C16H21NO. The summed E-state index contributed by atoms with van der Waals surface area (Å²) in [6.07, 6.45) is 4.14. The molecule has 0 saturated carbocycles. The summed E-state index contributed by atoms with van der Waals surface area (Å²) >= 11 is 0. The van der Waals surface area contributed by atoms with Crippen LogP contribution in [0.3, 0.4) is 0 Å². The van der Waals surface area contributed by atoms with Gasteiger partial charge in [0.05, 0.1) is 11.2 Å². The molecule has 0 saturated heterocycles. The second-order valence-electron chi connectivity index (χ2n) is 5.01. The number of para-hydroxylation sites is 1. The van der Waals surface area contributed by atoms with Crippen molar-refractivity contribution in [2.24, 2.45) is 0 Å². The molecule has 0 spiro atoms. The molecule has 1 aliphatic heterocycles. The quantitative estimate of drug-likeness (QED) is 0.768. The average Bonchev–Trinajstić information content (AvgIpc) is 2.38. The highest BCUT2D eigenvalue weighted by molar-refractivity contribution is 5.99. The summed E-state index contributed by atoms with van der Waals surface area (Å²) in [7, 11) is 0. The number of carbonyl (C=O) groups is 1. The number of hydrogen-bond donors (Lipinski definition) is 0. The smallest absolute Gasteiger partial charge is 0.224 e. The van der Waals surface area contributed by atoms with E-state index < -0.39 is 0 Å². The number of amides is 1. The first kappa shape index (κ1) is 12.9. The third-order valence-electron chi connectivity index (χ3n) is 4.04. The lowest BCUT2D eigenvalue weighted by Crippen LogP contribution is -2.51. The van der Waals surface area contributed by atoms with Crippen molar-refractivity contribution < 1.29 is 4.79 Å². The van der Waals surface area contributed by atoms with Crippen molar-refractivity contribution in [1.82, 2.24) is 0 Å². The minimum atomic E-state index is -0.162. The van der Waals surface area contributed by atoms with E-state index in [0.29, 0.717) is 0 Å².